The van der Waals surface area contributed by atoms with E-state index in [2.05, 4.69) is 9.72 Å². The van der Waals surface area contributed by atoms with E-state index in [0.29, 0.717) is 6.42 Å². The number of hydrogen-bond acceptors (Lipinski definition) is 3. The molecule has 70 valence electrons. The fourth-order valence-electron chi connectivity index (χ4n) is 1.22. The number of rotatable bonds is 3. The third-order valence-corrected chi connectivity index (χ3v) is 1.94. The van der Waals surface area contributed by atoms with Gasteiger partial charge in [0.25, 0.3) is 0 Å². The lowest BCUT2D eigenvalue weighted by molar-refractivity contribution is -0.142. The third kappa shape index (κ3) is 2.28. The highest BCUT2D eigenvalue weighted by molar-refractivity contribution is 5.77. The molecule has 0 aliphatic heterocycles. The van der Waals surface area contributed by atoms with Crippen LogP contribution in [0.1, 0.15) is 25.0 Å². The van der Waals surface area contributed by atoms with Crippen LogP contribution in [0.4, 0.5) is 0 Å². The van der Waals surface area contributed by atoms with E-state index in [4.69, 9.17) is 0 Å². The van der Waals surface area contributed by atoms with Gasteiger partial charge in [-0.2, -0.15) is 0 Å². The van der Waals surface area contributed by atoms with Gasteiger partial charge in [-0.25, -0.2) is 0 Å². The van der Waals surface area contributed by atoms with E-state index >= 15 is 0 Å². The van der Waals surface area contributed by atoms with Crippen molar-refractivity contribution in [3.05, 3.63) is 30.1 Å². The first kappa shape index (κ1) is 9.71. The van der Waals surface area contributed by atoms with Crippen LogP contribution in [0.25, 0.3) is 0 Å². The van der Waals surface area contributed by atoms with Crippen LogP contribution in [0, 0.1) is 0 Å². The Labute approximate surface area is 77.8 Å². The van der Waals surface area contributed by atoms with E-state index in [1.54, 1.807) is 6.20 Å². The molecule has 0 amide bonds. The van der Waals surface area contributed by atoms with Crippen molar-refractivity contribution in [2.75, 3.05) is 7.11 Å². The first-order valence-corrected chi connectivity index (χ1v) is 4.28. The molecule has 0 saturated carbocycles. The molecule has 13 heavy (non-hydrogen) atoms. The first-order valence-electron chi connectivity index (χ1n) is 4.28. The summed E-state index contributed by atoms with van der Waals surface area (Å²) in [7, 11) is 1.40. The number of carbonyl (C=O) groups is 1. The maximum Gasteiger partial charge on any atom is 0.314 e. The quantitative estimate of drug-likeness (QED) is 0.663. The van der Waals surface area contributed by atoms with Gasteiger partial charge in [0.1, 0.15) is 0 Å². The van der Waals surface area contributed by atoms with Crippen molar-refractivity contribution >= 4 is 5.97 Å². The normalized spacial score (nSPS) is 12.2. The number of nitrogens with zero attached hydrogens (tertiary/aromatic N) is 1. The summed E-state index contributed by atoms with van der Waals surface area (Å²) in [4.78, 5) is 15.4. The van der Waals surface area contributed by atoms with Gasteiger partial charge in [-0.3, -0.25) is 9.78 Å². The van der Waals surface area contributed by atoms with Gasteiger partial charge in [0.05, 0.1) is 18.7 Å². The molecule has 0 aromatic carbocycles. The Morgan fingerprint density at radius 3 is 2.85 bits per heavy atom. The van der Waals surface area contributed by atoms with Gasteiger partial charge in [-0.15, -0.1) is 0 Å². The molecule has 0 bridgehead atoms. The Morgan fingerprint density at radius 1 is 1.62 bits per heavy atom. The van der Waals surface area contributed by atoms with Crippen molar-refractivity contribution in [2.24, 2.45) is 0 Å². The zero-order valence-electron chi connectivity index (χ0n) is 7.86. The molecule has 0 N–H and O–H groups in total. The maximum atomic E-state index is 11.3. The summed E-state index contributed by atoms with van der Waals surface area (Å²) in [6.45, 7) is 1.94. The molecule has 0 saturated heterocycles. The minimum Gasteiger partial charge on any atom is -0.469 e. The second-order valence-electron chi connectivity index (χ2n) is 2.74. The SMILES string of the molecule is CCC(C(=O)OC)c1ccccn1. The van der Waals surface area contributed by atoms with Gasteiger partial charge in [-0.1, -0.05) is 13.0 Å². The number of pyridine rings is 1. The minimum atomic E-state index is -0.230. The summed E-state index contributed by atoms with van der Waals surface area (Å²) < 4.78 is 4.68. The van der Waals surface area contributed by atoms with E-state index in [1.807, 2.05) is 25.1 Å². The molecule has 0 spiro atoms. The van der Waals surface area contributed by atoms with Crippen LogP contribution in [0.3, 0.4) is 0 Å². The van der Waals surface area contributed by atoms with Gasteiger partial charge in [0.15, 0.2) is 0 Å². The number of aromatic nitrogens is 1. The summed E-state index contributed by atoms with van der Waals surface area (Å²) in [5, 5.41) is 0. The van der Waals surface area contributed by atoms with E-state index in [1.165, 1.54) is 7.11 Å². The van der Waals surface area contributed by atoms with E-state index in [9.17, 15) is 4.79 Å². The Kier molecular flexibility index (Phi) is 3.43. The fraction of sp³-hybridized carbons (Fsp3) is 0.400. The van der Waals surface area contributed by atoms with Gasteiger partial charge >= 0.3 is 5.97 Å². The van der Waals surface area contributed by atoms with Crippen molar-refractivity contribution in [1.29, 1.82) is 0 Å². The number of methoxy groups -OCH3 is 1. The molecule has 1 aromatic heterocycles. The first-order chi connectivity index (χ1) is 6.29. The Hall–Kier alpha value is -1.38. The van der Waals surface area contributed by atoms with E-state index in [0.717, 1.165) is 5.69 Å². The lowest BCUT2D eigenvalue weighted by Crippen LogP contribution is -2.14. The van der Waals surface area contributed by atoms with E-state index in [-0.39, 0.29) is 11.9 Å². The van der Waals surface area contributed by atoms with Crippen LogP contribution in [0.2, 0.25) is 0 Å². The van der Waals surface area contributed by atoms with Crippen LogP contribution in [-0.2, 0) is 9.53 Å². The molecule has 1 rings (SSSR count). The highest BCUT2D eigenvalue weighted by atomic mass is 16.5. The van der Waals surface area contributed by atoms with E-state index < -0.39 is 0 Å². The molecule has 3 nitrogen and oxygen atoms in total. The molecule has 3 heteroatoms. The average Bonchev–Trinajstić information content (AvgIpc) is 2.20. The summed E-state index contributed by atoms with van der Waals surface area (Å²) in [6.07, 6.45) is 2.39. The van der Waals surface area contributed by atoms with Gasteiger partial charge in [-0.05, 0) is 18.6 Å². The van der Waals surface area contributed by atoms with Crippen molar-refractivity contribution in [2.45, 2.75) is 19.3 Å². The molecule has 0 radical (unpaired) electrons. The molecule has 0 aliphatic rings. The fourth-order valence-corrected chi connectivity index (χ4v) is 1.22. The molecule has 0 fully saturated rings. The number of ether oxygens (including phenoxy) is 1. The monoisotopic (exact) mass is 179 g/mol. The zero-order valence-corrected chi connectivity index (χ0v) is 7.86. The lowest BCUT2D eigenvalue weighted by Gasteiger charge is -2.10. The second kappa shape index (κ2) is 4.60. The topological polar surface area (TPSA) is 39.2 Å². The Morgan fingerprint density at radius 2 is 2.38 bits per heavy atom. The van der Waals surface area contributed by atoms with Crippen LogP contribution in [0.15, 0.2) is 24.4 Å². The van der Waals surface area contributed by atoms with Crippen molar-refractivity contribution in [1.82, 2.24) is 4.98 Å². The number of esters is 1. The highest BCUT2D eigenvalue weighted by Crippen LogP contribution is 2.17. The largest absolute Gasteiger partial charge is 0.469 e. The Bertz CT molecular complexity index is 272. The predicted molar refractivity (Wildman–Crippen MR) is 49.3 cm³/mol. The highest BCUT2D eigenvalue weighted by Gasteiger charge is 2.19. The summed E-state index contributed by atoms with van der Waals surface area (Å²) >= 11 is 0. The lowest BCUT2D eigenvalue weighted by atomic mass is 10.0. The summed E-state index contributed by atoms with van der Waals surface area (Å²) in [5.41, 5.74) is 0.775. The van der Waals surface area contributed by atoms with Crippen LogP contribution < -0.4 is 0 Å². The predicted octanol–water partition coefficient (Wildman–Crippen LogP) is 1.75. The van der Waals surface area contributed by atoms with Crippen molar-refractivity contribution < 1.29 is 9.53 Å². The molecule has 1 aromatic rings. The number of hydrogen-bond donors (Lipinski definition) is 0. The number of carbonyl (C=O) groups excluding carboxylic acids is 1. The minimum absolute atomic E-state index is 0.221. The standard InChI is InChI=1S/C10H13NO2/c1-3-8(10(12)13-2)9-6-4-5-7-11-9/h4-8H,3H2,1-2H3. The average molecular weight is 179 g/mol. The smallest absolute Gasteiger partial charge is 0.314 e. The summed E-state index contributed by atoms with van der Waals surface area (Å²) in [5.74, 6) is -0.451. The maximum absolute atomic E-state index is 11.3. The van der Waals surface area contributed by atoms with Gasteiger partial charge < -0.3 is 4.74 Å². The Balaban J connectivity index is 2.85. The molecular formula is C10H13NO2. The molecule has 1 heterocycles. The molecule has 1 atom stereocenters. The molecular weight excluding hydrogens is 166 g/mol. The molecule has 1 unspecified atom stereocenters. The van der Waals surface area contributed by atoms with Crippen LogP contribution in [0.5, 0.6) is 0 Å². The van der Waals surface area contributed by atoms with Crippen molar-refractivity contribution in [3.8, 4) is 0 Å². The second-order valence-corrected chi connectivity index (χ2v) is 2.74. The van der Waals surface area contributed by atoms with Gasteiger partial charge in [0.2, 0.25) is 0 Å². The van der Waals surface area contributed by atoms with Gasteiger partial charge in [0, 0.05) is 6.20 Å². The van der Waals surface area contributed by atoms with Crippen LogP contribution in [-0.4, -0.2) is 18.1 Å². The van der Waals surface area contributed by atoms with Crippen molar-refractivity contribution in [3.63, 3.8) is 0 Å². The third-order valence-electron chi connectivity index (χ3n) is 1.94. The molecule has 0 aliphatic carbocycles. The van der Waals surface area contributed by atoms with Crippen LogP contribution >= 0.6 is 0 Å². The zero-order chi connectivity index (χ0) is 9.68. The summed E-state index contributed by atoms with van der Waals surface area (Å²) in [6, 6.07) is 5.53.